The monoisotopic (exact) mass is 240 g/mol. The van der Waals surface area contributed by atoms with Gasteiger partial charge in [-0.1, -0.05) is 0 Å². The molecule has 0 aromatic carbocycles. The van der Waals surface area contributed by atoms with Crippen molar-refractivity contribution in [2.75, 3.05) is 6.61 Å². The lowest BCUT2D eigenvalue weighted by molar-refractivity contribution is -0.143. The van der Waals surface area contributed by atoms with Gasteiger partial charge in [0.1, 0.15) is 0 Å². The number of H-pyrrole nitrogens is 3. The van der Waals surface area contributed by atoms with Crippen LogP contribution >= 0.6 is 0 Å². The van der Waals surface area contributed by atoms with Crippen LogP contribution in [0.2, 0.25) is 0 Å². The average Bonchev–Trinajstić information content (AvgIpc) is 2.71. The number of imidazole rings is 2. The number of aryl methyl sites for hydroxylation is 1. The summed E-state index contributed by atoms with van der Waals surface area (Å²) in [7, 11) is 0. The van der Waals surface area contributed by atoms with E-state index < -0.39 is 5.69 Å². The lowest BCUT2D eigenvalue weighted by atomic mass is 10.4. The van der Waals surface area contributed by atoms with Crippen molar-refractivity contribution < 1.29 is 9.53 Å². The van der Waals surface area contributed by atoms with Crippen LogP contribution in [0.1, 0.15) is 13.3 Å². The second-order valence-corrected chi connectivity index (χ2v) is 3.44. The second-order valence-electron chi connectivity index (χ2n) is 3.44. The van der Waals surface area contributed by atoms with Gasteiger partial charge in [0.2, 0.25) is 0 Å². The summed E-state index contributed by atoms with van der Waals surface area (Å²) in [5.41, 5.74) is -0.115. The zero-order chi connectivity index (χ0) is 12.4. The summed E-state index contributed by atoms with van der Waals surface area (Å²) in [6.07, 6.45) is 0.0773. The number of aromatic amines is 3. The number of aromatic nitrogens is 4. The summed E-state index contributed by atoms with van der Waals surface area (Å²) in [4.78, 5) is 41.0. The highest BCUT2D eigenvalue weighted by molar-refractivity contribution is 5.70. The van der Waals surface area contributed by atoms with Crippen LogP contribution in [0.5, 0.6) is 0 Å². The summed E-state index contributed by atoms with van der Waals surface area (Å²) < 4.78 is 6.03. The largest absolute Gasteiger partial charge is 0.466 e. The minimum Gasteiger partial charge on any atom is -0.466 e. The molecule has 0 aliphatic carbocycles. The molecule has 0 radical (unpaired) electrons. The van der Waals surface area contributed by atoms with Crippen LogP contribution in [-0.2, 0) is 16.1 Å². The molecule has 92 valence electrons. The van der Waals surface area contributed by atoms with E-state index in [-0.39, 0.29) is 24.6 Å². The third-order valence-corrected chi connectivity index (χ3v) is 2.30. The topological polar surface area (TPSA) is 113 Å². The first-order valence-electron chi connectivity index (χ1n) is 5.18. The van der Waals surface area contributed by atoms with Crippen molar-refractivity contribution in [2.45, 2.75) is 19.9 Å². The molecule has 0 amide bonds. The maximum Gasteiger partial charge on any atom is 0.328 e. The van der Waals surface area contributed by atoms with E-state index in [2.05, 4.69) is 15.0 Å². The molecule has 0 spiro atoms. The molecule has 2 aromatic rings. The first-order chi connectivity index (χ1) is 8.11. The average molecular weight is 240 g/mol. The summed E-state index contributed by atoms with van der Waals surface area (Å²) in [5, 5.41) is 0. The predicted octanol–water partition coefficient (Wildman–Crippen LogP) is -0.701. The minimum absolute atomic E-state index is 0.0773. The molecule has 0 bridgehead atoms. The maximum atomic E-state index is 11.5. The Balaban J connectivity index is 2.23. The smallest absolute Gasteiger partial charge is 0.328 e. The van der Waals surface area contributed by atoms with Crippen LogP contribution in [0, 0.1) is 0 Å². The molecule has 0 aliphatic rings. The van der Waals surface area contributed by atoms with E-state index in [1.807, 2.05) is 0 Å². The number of carbonyl (C=O) groups excluding carboxylic acids is 1. The molecule has 0 unspecified atom stereocenters. The van der Waals surface area contributed by atoms with Gasteiger partial charge in [0.05, 0.1) is 13.0 Å². The van der Waals surface area contributed by atoms with Crippen LogP contribution in [0.15, 0.2) is 9.59 Å². The summed E-state index contributed by atoms with van der Waals surface area (Å²) in [6, 6.07) is 0. The molecule has 3 N–H and O–H groups in total. The highest BCUT2D eigenvalue weighted by atomic mass is 16.5. The normalized spacial score (nSPS) is 10.9. The quantitative estimate of drug-likeness (QED) is 0.613. The minimum atomic E-state index is -0.406. The Morgan fingerprint density at radius 2 is 2.06 bits per heavy atom. The molecule has 0 aliphatic heterocycles. The van der Waals surface area contributed by atoms with E-state index in [4.69, 9.17) is 4.74 Å². The van der Waals surface area contributed by atoms with Gasteiger partial charge in [0.15, 0.2) is 11.3 Å². The van der Waals surface area contributed by atoms with E-state index in [1.54, 1.807) is 6.92 Å². The van der Waals surface area contributed by atoms with Gasteiger partial charge in [-0.15, -0.1) is 0 Å². The number of nitrogens with zero attached hydrogens (tertiary/aromatic N) is 1. The molecule has 8 nitrogen and oxygen atoms in total. The Labute approximate surface area is 94.6 Å². The van der Waals surface area contributed by atoms with Crippen LogP contribution in [0.4, 0.5) is 0 Å². The van der Waals surface area contributed by atoms with Crippen molar-refractivity contribution in [1.29, 1.82) is 0 Å². The lowest BCUT2D eigenvalue weighted by Gasteiger charge is -2.01. The van der Waals surface area contributed by atoms with Gasteiger partial charge >= 0.3 is 17.3 Å². The number of hydrogen-bond acceptors (Lipinski definition) is 4. The zero-order valence-electron chi connectivity index (χ0n) is 9.20. The number of rotatable bonds is 4. The Hall–Kier alpha value is -2.25. The van der Waals surface area contributed by atoms with E-state index in [0.29, 0.717) is 17.9 Å². The fourth-order valence-corrected chi connectivity index (χ4v) is 1.59. The van der Waals surface area contributed by atoms with Crippen molar-refractivity contribution >= 4 is 17.3 Å². The highest BCUT2D eigenvalue weighted by Crippen LogP contribution is 2.01. The first-order valence-corrected chi connectivity index (χ1v) is 5.18. The van der Waals surface area contributed by atoms with Crippen molar-refractivity contribution in [3.05, 3.63) is 21.0 Å². The molecule has 0 atom stereocenters. The molecule has 2 aromatic heterocycles. The molecule has 0 saturated carbocycles. The molecule has 8 heteroatoms. The third-order valence-electron chi connectivity index (χ3n) is 2.30. The van der Waals surface area contributed by atoms with Gasteiger partial charge < -0.3 is 4.74 Å². The fraction of sp³-hybridized carbons (Fsp3) is 0.444. The number of hydrogen-bond donors (Lipinski definition) is 3. The van der Waals surface area contributed by atoms with Gasteiger partial charge in [-0.25, -0.2) is 9.59 Å². The molecule has 2 heterocycles. The maximum absolute atomic E-state index is 11.5. The van der Waals surface area contributed by atoms with E-state index >= 15 is 0 Å². The van der Waals surface area contributed by atoms with Crippen LogP contribution in [0.25, 0.3) is 11.3 Å². The van der Waals surface area contributed by atoms with Gasteiger partial charge in [0.25, 0.3) is 0 Å². The fourth-order valence-electron chi connectivity index (χ4n) is 1.59. The third kappa shape index (κ3) is 2.14. The summed E-state index contributed by atoms with van der Waals surface area (Å²) >= 11 is 0. The number of carbonyl (C=O) groups is 1. The van der Waals surface area contributed by atoms with Crippen molar-refractivity contribution in [3.63, 3.8) is 0 Å². The van der Waals surface area contributed by atoms with Crippen molar-refractivity contribution in [2.24, 2.45) is 0 Å². The highest BCUT2D eigenvalue weighted by Gasteiger charge is 2.11. The van der Waals surface area contributed by atoms with Crippen LogP contribution in [-0.4, -0.2) is 32.1 Å². The van der Waals surface area contributed by atoms with Gasteiger partial charge in [-0.05, 0) is 6.92 Å². The molecular weight excluding hydrogens is 228 g/mol. The summed E-state index contributed by atoms with van der Waals surface area (Å²) in [6.45, 7) is 2.17. The van der Waals surface area contributed by atoms with E-state index in [9.17, 15) is 14.4 Å². The van der Waals surface area contributed by atoms with Crippen molar-refractivity contribution in [3.8, 4) is 0 Å². The summed E-state index contributed by atoms with van der Waals surface area (Å²) in [5.74, 6) is -0.383. The second kappa shape index (κ2) is 4.32. The first kappa shape index (κ1) is 11.2. The zero-order valence-corrected chi connectivity index (χ0v) is 9.20. The molecule has 17 heavy (non-hydrogen) atoms. The molecule has 2 rings (SSSR count). The van der Waals surface area contributed by atoms with Crippen LogP contribution in [0.3, 0.4) is 0 Å². The molecular formula is C9H12N4O4. The Morgan fingerprint density at radius 1 is 1.29 bits per heavy atom. The lowest BCUT2D eigenvalue weighted by Crippen LogP contribution is -2.20. The number of ether oxygens (including phenoxy) is 1. The Bertz CT molecular complexity index is 644. The standard InChI is InChI=1S/C9H12N4O4/c1-2-17-5(14)3-4-13-7-6(11-9(13)16)10-8(15)12-7/h2-4H2,1H3,(H,11,16)(H2,10,12,15). The van der Waals surface area contributed by atoms with Gasteiger partial charge in [0, 0.05) is 6.54 Å². The number of esters is 1. The Kier molecular flexibility index (Phi) is 2.86. The SMILES string of the molecule is CCOC(=O)CCn1c(=O)[nH]c2[nH]c(=O)[nH]c21. The van der Waals surface area contributed by atoms with E-state index in [0.717, 1.165) is 0 Å². The number of fused-ring (bicyclic) bond motifs is 1. The van der Waals surface area contributed by atoms with Crippen LogP contribution < -0.4 is 11.4 Å². The number of nitrogens with one attached hydrogen (secondary N) is 3. The van der Waals surface area contributed by atoms with Gasteiger partial charge in [-0.2, -0.15) is 0 Å². The Morgan fingerprint density at radius 3 is 2.76 bits per heavy atom. The van der Waals surface area contributed by atoms with E-state index in [1.165, 1.54) is 4.57 Å². The van der Waals surface area contributed by atoms with Gasteiger partial charge in [-0.3, -0.25) is 24.3 Å². The van der Waals surface area contributed by atoms with Crippen molar-refractivity contribution in [1.82, 2.24) is 19.5 Å². The molecule has 0 fully saturated rings. The predicted molar refractivity (Wildman–Crippen MR) is 58.8 cm³/mol. The molecule has 0 saturated heterocycles.